The van der Waals surface area contributed by atoms with Crippen LogP contribution in [0.15, 0.2) is 18.2 Å². The van der Waals surface area contributed by atoms with Crippen molar-refractivity contribution in [2.75, 3.05) is 31.5 Å². The Morgan fingerprint density at radius 3 is 2.62 bits per heavy atom. The van der Waals surface area contributed by atoms with Gasteiger partial charge in [0.15, 0.2) is 0 Å². The maximum absolute atomic E-state index is 12.6. The number of anilines is 1. The fraction of sp³-hybridized carbons (Fsp3) is 0.579. The number of carbonyl (C=O) groups excluding carboxylic acids is 2. The van der Waals surface area contributed by atoms with Gasteiger partial charge in [-0.1, -0.05) is 12.1 Å². The highest BCUT2D eigenvalue weighted by Crippen LogP contribution is 2.22. The second kappa shape index (κ2) is 8.18. The molecule has 1 aromatic rings. The van der Waals surface area contributed by atoms with E-state index in [-0.39, 0.29) is 17.9 Å². The Labute approximate surface area is 145 Å². The summed E-state index contributed by atoms with van der Waals surface area (Å²) in [5, 5.41) is 3.05. The molecule has 3 amide bonds. The Kier molecular flexibility index (Phi) is 6.23. The first-order chi connectivity index (χ1) is 11.5. The third-order valence-electron chi connectivity index (χ3n) is 4.96. The van der Waals surface area contributed by atoms with Crippen LogP contribution < -0.4 is 5.32 Å². The maximum atomic E-state index is 12.6. The average molecular weight is 331 g/mol. The molecule has 5 heteroatoms. The van der Waals surface area contributed by atoms with Crippen molar-refractivity contribution >= 4 is 17.6 Å². The molecule has 0 unspecified atom stereocenters. The molecule has 0 radical (unpaired) electrons. The van der Waals surface area contributed by atoms with Crippen LogP contribution in [0, 0.1) is 19.8 Å². The largest absolute Gasteiger partial charge is 0.326 e. The zero-order valence-electron chi connectivity index (χ0n) is 15.3. The van der Waals surface area contributed by atoms with Gasteiger partial charge in [0.25, 0.3) is 0 Å². The second-order valence-corrected chi connectivity index (χ2v) is 6.48. The first-order valence-electron chi connectivity index (χ1n) is 8.88. The molecule has 1 aliphatic heterocycles. The number of benzene rings is 1. The highest BCUT2D eigenvalue weighted by molar-refractivity contribution is 5.94. The van der Waals surface area contributed by atoms with Gasteiger partial charge in [0.1, 0.15) is 0 Å². The summed E-state index contributed by atoms with van der Waals surface area (Å²) in [4.78, 5) is 28.8. The molecule has 132 valence electrons. The average Bonchev–Trinajstić information content (AvgIpc) is 2.60. The van der Waals surface area contributed by atoms with Crippen LogP contribution in [0.3, 0.4) is 0 Å². The van der Waals surface area contributed by atoms with Crippen LogP contribution >= 0.6 is 0 Å². The number of hydrogen-bond donors (Lipinski definition) is 1. The minimum Gasteiger partial charge on any atom is -0.326 e. The summed E-state index contributed by atoms with van der Waals surface area (Å²) in [6.07, 6.45) is 1.70. The molecule has 1 atom stereocenters. The van der Waals surface area contributed by atoms with Crippen LogP contribution in [0.2, 0.25) is 0 Å². The van der Waals surface area contributed by atoms with E-state index in [1.807, 2.05) is 55.7 Å². The predicted molar refractivity (Wildman–Crippen MR) is 97.2 cm³/mol. The lowest BCUT2D eigenvalue weighted by Gasteiger charge is -2.35. The van der Waals surface area contributed by atoms with Crippen LogP contribution in [0.5, 0.6) is 0 Å². The van der Waals surface area contributed by atoms with E-state index >= 15 is 0 Å². The molecule has 1 fully saturated rings. The summed E-state index contributed by atoms with van der Waals surface area (Å²) in [6, 6.07) is 5.97. The number of carbonyl (C=O) groups is 2. The Bertz CT molecular complexity index is 596. The highest BCUT2D eigenvalue weighted by Gasteiger charge is 2.30. The third-order valence-corrected chi connectivity index (χ3v) is 4.96. The van der Waals surface area contributed by atoms with Crippen LogP contribution in [-0.2, 0) is 4.79 Å². The number of urea groups is 1. The van der Waals surface area contributed by atoms with E-state index < -0.39 is 0 Å². The molecular formula is C19H29N3O2. The third kappa shape index (κ3) is 4.08. The molecule has 0 aromatic heterocycles. The van der Waals surface area contributed by atoms with Gasteiger partial charge in [-0.05, 0) is 57.7 Å². The number of piperidine rings is 1. The Balaban J connectivity index is 2.02. The SMILES string of the molecule is CCN(CC)C(=O)N1CCC[C@H](C(=O)Nc2cccc(C)c2C)C1. The molecule has 5 nitrogen and oxygen atoms in total. The van der Waals surface area contributed by atoms with Gasteiger partial charge in [-0.25, -0.2) is 4.79 Å². The fourth-order valence-corrected chi connectivity index (χ4v) is 3.18. The number of likely N-dealkylation sites (tertiary alicyclic amines) is 1. The fourth-order valence-electron chi connectivity index (χ4n) is 3.18. The first kappa shape index (κ1) is 18.3. The van der Waals surface area contributed by atoms with Gasteiger partial charge in [-0.15, -0.1) is 0 Å². The van der Waals surface area contributed by atoms with Crippen LogP contribution in [0.4, 0.5) is 10.5 Å². The Hall–Kier alpha value is -2.04. The van der Waals surface area contributed by atoms with Gasteiger partial charge >= 0.3 is 6.03 Å². The van der Waals surface area contributed by atoms with Crippen molar-refractivity contribution in [2.24, 2.45) is 5.92 Å². The minimum atomic E-state index is -0.141. The number of hydrogen-bond acceptors (Lipinski definition) is 2. The Morgan fingerprint density at radius 2 is 1.96 bits per heavy atom. The molecule has 0 aliphatic carbocycles. The first-order valence-corrected chi connectivity index (χ1v) is 8.88. The number of nitrogens with zero attached hydrogens (tertiary/aromatic N) is 2. The number of aryl methyl sites for hydroxylation is 1. The quantitative estimate of drug-likeness (QED) is 0.919. The number of nitrogens with one attached hydrogen (secondary N) is 1. The van der Waals surface area contributed by atoms with E-state index in [9.17, 15) is 9.59 Å². The van der Waals surface area contributed by atoms with Crippen LogP contribution in [0.1, 0.15) is 37.8 Å². The topological polar surface area (TPSA) is 52.7 Å². The van der Waals surface area contributed by atoms with Crippen molar-refractivity contribution in [3.05, 3.63) is 29.3 Å². The molecule has 0 bridgehead atoms. The van der Waals surface area contributed by atoms with Crippen molar-refractivity contribution in [1.29, 1.82) is 0 Å². The maximum Gasteiger partial charge on any atom is 0.320 e. The second-order valence-electron chi connectivity index (χ2n) is 6.48. The zero-order valence-corrected chi connectivity index (χ0v) is 15.3. The molecule has 1 aromatic carbocycles. The molecule has 2 rings (SSSR count). The highest BCUT2D eigenvalue weighted by atomic mass is 16.2. The molecule has 1 saturated heterocycles. The van der Waals surface area contributed by atoms with Gasteiger partial charge in [0.2, 0.25) is 5.91 Å². The van der Waals surface area contributed by atoms with Gasteiger partial charge in [0.05, 0.1) is 5.92 Å². The summed E-state index contributed by atoms with van der Waals surface area (Å²) in [5.41, 5.74) is 3.12. The van der Waals surface area contributed by atoms with Crippen molar-refractivity contribution < 1.29 is 9.59 Å². The Morgan fingerprint density at radius 1 is 1.25 bits per heavy atom. The molecule has 1 aliphatic rings. The number of amides is 3. The molecule has 1 N–H and O–H groups in total. The molecule has 24 heavy (non-hydrogen) atoms. The van der Waals surface area contributed by atoms with E-state index in [2.05, 4.69) is 5.32 Å². The standard InChI is InChI=1S/C19H29N3O2/c1-5-21(6-2)19(24)22-12-8-10-16(13-22)18(23)20-17-11-7-9-14(3)15(17)4/h7,9,11,16H,5-6,8,10,12-13H2,1-4H3,(H,20,23)/t16-/m0/s1. The summed E-state index contributed by atoms with van der Waals surface area (Å²) >= 11 is 0. The summed E-state index contributed by atoms with van der Waals surface area (Å²) in [6.45, 7) is 10.7. The molecular weight excluding hydrogens is 302 g/mol. The number of rotatable bonds is 4. The van der Waals surface area contributed by atoms with Crippen molar-refractivity contribution in [3.8, 4) is 0 Å². The van der Waals surface area contributed by atoms with Crippen molar-refractivity contribution in [3.63, 3.8) is 0 Å². The van der Waals surface area contributed by atoms with Gasteiger partial charge in [-0.2, -0.15) is 0 Å². The zero-order chi connectivity index (χ0) is 17.7. The molecule has 0 spiro atoms. The molecule has 1 heterocycles. The smallest absolute Gasteiger partial charge is 0.320 e. The van der Waals surface area contributed by atoms with Gasteiger partial charge in [-0.3, -0.25) is 4.79 Å². The van der Waals surface area contributed by atoms with Crippen molar-refractivity contribution in [1.82, 2.24) is 9.80 Å². The summed E-state index contributed by atoms with van der Waals surface area (Å²) in [5.74, 6) is -0.126. The van der Waals surface area contributed by atoms with E-state index in [1.54, 1.807) is 0 Å². The predicted octanol–water partition coefficient (Wildman–Crippen LogP) is 3.42. The minimum absolute atomic E-state index is 0.0146. The van der Waals surface area contributed by atoms with Gasteiger partial charge in [0, 0.05) is 31.9 Å². The lowest BCUT2D eigenvalue weighted by atomic mass is 9.97. The molecule has 0 saturated carbocycles. The van der Waals surface area contributed by atoms with Crippen molar-refractivity contribution in [2.45, 2.75) is 40.5 Å². The lowest BCUT2D eigenvalue weighted by molar-refractivity contribution is -0.121. The summed E-state index contributed by atoms with van der Waals surface area (Å²) < 4.78 is 0. The van der Waals surface area contributed by atoms with E-state index in [1.165, 1.54) is 0 Å². The van der Waals surface area contributed by atoms with Crippen LogP contribution in [-0.4, -0.2) is 47.9 Å². The normalized spacial score (nSPS) is 17.5. The van der Waals surface area contributed by atoms with Gasteiger partial charge < -0.3 is 15.1 Å². The van der Waals surface area contributed by atoms with Crippen LogP contribution in [0.25, 0.3) is 0 Å². The lowest BCUT2D eigenvalue weighted by Crippen LogP contribution is -2.49. The van der Waals surface area contributed by atoms with E-state index in [4.69, 9.17) is 0 Å². The van der Waals surface area contributed by atoms with E-state index in [0.717, 1.165) is 36.2 Å². The van der Waals surface area contributed by atoms with E-state index in [0.29, 0.717) is 19.6 Å². The monoisotopic (exact) mass is 331 g/mol. The summed E-state index contributed by atoms with van der Waals surface area (Å²) in [7, 11) is 0.